The Morgan fingerprint density at radius 2 is 1.35 bits per heavy atom. The normalized spacial score (nSPS) is 32.9. The van der Waals surface area contributed by atoms with Gasteiger partial charge < -0.3 is 8.92 Å². The molecule has 10 unspecified atom stereocenters. The fourth-order valence-electron chi connectivity index (χ4n) is 12.4. The van der Waals surface area contributed by atoms with Crippen LogP contribution in [-0.2, 0) is 8.92 Å². The first-order valence-corrected chi connectivity index (χ1v) is 25.8. The van der Waals surface area contributed by atoms with Gasteiger partial charge in [-0.2, -0.15) is 0 Å². The van der Waals surface area contributed by atoms with Crippen LogP contribution in [0.5, 0.6) is 0 Å². The molecule has 0 radical (unpaired) electrons. The first kappa shape index (κ1) is 43.7. The van der Waals surface area contributed by atoms with Crippen molar-refractivity contribution < 1.29 is 8.92 Å². The summed E-state index contributed by atoms with van der Waals surface area (Å²) in [7, 11) is -1.07. The first-order chi connectivity index (χ1) is 24.3. The van der Waals surface area contributed by atoms with Gasteiger partial charge in [-0.05, 0) is 142 Å². The summed E-state index contributed by atoms with van der Waals surface area (Å²) in [5.41, 5.74) is 2.71. The Morgan fingerprint density at radius 3 is 1.94 bits per heavy atom. The lowest BCUT2D eigenvalue weighted by molar-refractivity contribution is -0.134. The highest BCUT2D eigenvalue weighted by Gasteiger charge is 2.59. The van der Waals surface area contributed by atoms with E-state index in [0.717, 1.165) is 54.3 Å². The third-order valence-corrected chi connectivity index (χ3v) is 16.4. The number of ether oxygens (including phenoxy) is 1. The molecule has 0 aliphatic heterocycles. The minimum absolute atomic E-state index is 0.0278. The van der Waals surface area contributed by atoms with Crippen LogP contribution in [-0.4, -0.2) is 31.2 Å². The molecular formula is C48H90O2S. The maximum atomic E-state index is 6.95. The largest absolute Gasteiger partial charge is 0.348 e. The van der Waals surface area contributed by atoms with Crippen LogP contribution in [0.25, 0.3) is 0 Å². The van der Waals surface area contributed by atoms with E-state index in [1.54, 1.807) is 5.57 Å². The topological polar surface area (TPSA) is 18.5 Å². The fourth-order valence-corrected chi connectivity index (χ4v) is 13.2. The lowest BCUT2D eigenvalue weighted by Crippen LogP contribution is -2.51. The molecule has 51 heavy (non-hydrogen) atoms. The summed E-state index contributed by atoms with van der Waals surface area (Å²) in [4.78, 5) is 0. The molecule has 3 fully saturated rings. The van der Waals surface area contributed by atoms with Gasteiger partial charge in [0.25, 0.3) is 0 Å². The van der Waals surface area contributed by atoms with Crippen molar-refractivity contribution in [1.82, 2.24) is 0 Å². The van der Waals surface area contributed by atoms with Crippen LogP contribution in [0, 0.1) is 52.3 Å². The molecule has 4 aliphatic carbocycles. The molecule has 2 nitrogen and oxygen atoms in total. The molecule has 0 N–H and O–H groups in total. The molecule has 3 heteroatoms. The van der Waals surface area contributed by atoms with Gasteiger partial charge in [0.05, 0.1) is 6.10 Å². The number of allylic oxidation sites excluding steroid dienone is 1. The summed E-state index contributed by atoms with van der Waals surface area (Å²) in [5.74, 6) is 6.28. The first-order valence-electron chi connectivity index (χ1n) is 23.0. The van der Waals surface area contributed by atoms with Crippen molar-refractivity contribution in [3.05, 3.63) is 11.6 Å². The molecule has 10 atom stereocenters. The summed E-state index contributed by atoms with van der Waals surface area (Å²) >= 11 is 0. The molecule has 0 saturated heterocycles. The molecule has 0 aromatic rings. The molecule has 0 aromatic heterocycles. The Bertz CT molecular complexity index is 1010. The highest BCUT2D eigenvalue weighted by atomic mass is 32.3. The lowest BCUT2D eigenvalue weighted by atomic mass is 9.47. The second kappa shape index (κ2) is 20.8. The summed E-state index contributed by atoms with van der Waals surface area (Å²) in [6, 6.07) is 0. The van der Waals surface area contributed by atoms with Gasteiger partial charge in [-0.15, -0.1) is 10.3 Å². The number of unbranched alkanes of at least 4 members (excludes halogenated alkanes) is 12. The van der Waals surface area contributed by atoms with E-state index in [9.17, 15) is 0 Å². The SMILES string of the molecule is CCCCCCCCCCCCCCCC(OC1CCC2(C)C(=CCC3C2CCC2(C)C(C(C)CCC(CC)C(C)C)CCC32)C1)OS(C)(C)C. The van der Waals surface area contributed by atoms with Crippen molar-refractivity contribution in [2.75, 3.05) is 18.8 Å². The molecule has 3 saturated carbocycles. The van der Waals surface area contributed by atoms with Gasteiger partial charge >= 0.3 is 0 Å². The highest BCUT2D eigenvalue weighted by Crippen LogP contribution is 2.67. The summed E-state index contributed by atoms with van der Waals surface area (Å²) in [6.07, 6.45) is 44.4. The maximum Gasteiger partial charge on any atom is 0.168 e. The lowest BCUT2D eigenvalue weighted by Gasteiger charge is -2.58. The van der Waals surface area contributed by atoms with Gasteiger partial charge in [0, 0.05) is 0 Å². The van der Waals surface area contributed by atoms with Gasteiger partial charge in [-0.1, -0.05) is 150 Å². The predicted molar refractivity (Wildman–Crippen MR) is 228 cm³/mol. The van der Waals surface area contributed by atoms with Crippen LogP contribution in [0.4, 0.5) is 0 Å². The maximum absolute atomic E-state index is 6.95. The van der Waals surface area contributed by atoms with Crippen molar-refractivity contribution >= 4 is 10.3 Å². The van der Waals surface area contributed by atoms with Crippen molar-refractivity contribution in [2.45, 2.75) is 221 Å². The van der Waals surface area contributed by atoms with Gasteiger partial charge in [0.2, 0.25) is 0 Å². The van der Waals surface area contributed by atoms with Crippen LogP contribution in [0.15, 0.2) is 11.6 Å². The van der Waals surface area contributed by atoms with Gasteiger partial charge in [-0.3, -0.25) is 0 Å². The highest BCUT2D eigenvalue weighted by molar-refractivity contribution is 8.28. The van der Waals surface area contributed by atoms with E-state index >= 15 is 0 Å². The number of hydrogen-bond donors (Lipinski definition) is 0. The minimum Gasteiger partial charge on any atom is -0.348 e. The third-order valence-electron chi connectivity index (χ3n) is 15.6. The van der Waals surface area contributed by atoms with E-state index < -0.39 is 10.3 Å². The van der Waals surface area contributed by atoms with Gasteiger partial charge in [-0.25, -0.2) is 0 Å². The average Bonchev–Trinajstić information content (AvgIpc) is 3.43. The monoisotopic (exact) mass is 731 g/mol. The van der Waals surface area contributed by atoms with Gasteiger partial charge in [0.15, 0.2) is 6.29 Å². The van der Waals surface area contributed by atoms with E-state index in [4.69, 9.17) is 8.92 Å². The zero-order chi connectivity index (χ0) is 37.1. The van der Waals surface area contributed by atoms with E-state index in [-0.39, 0.29) is 6.29 Å². The second-order valence-electron chi connectivity index (χ2n) is 20.2. The molecule has 0 amide bonds. The zero-order valence-electron chi connectivity index (χ0n) is 36.2. The van der Waals surface area contributed by atoms with Crippen LogP contribution < -0.4 is 0 Å². The number of rotatable bonds is 24. The second-order valence-corrected chi connectivity index (χ2v) is 23.9. The Labute approximate surface area is 322 Å². The van der Waals surface area contributed by atoms with E-state index in [2.05, 4.69) is 73.3 Å². The Morgan fingerprint density at radius 1 is 0.725 bits per heavy atom. The molecule has 4 rings (SSSR count). The Hall–Kier alpha value is 0.01000. The summed E-state index contributed by atoms with van der Waals surface area (Å²) in [6.45, 7) is 17.7. The predicted octanol–water partition coefficient (Wildman–Crippen LogP) is 15.5. The summed E-state index contributed by atoms with van der Waals surface area (Å²) < 4.78 is 13.6. The molecule has 0 bridgehead atoms. The molecule has 0 heterocycles. The van der Waals surface area contributed by atoms with Crippen LogP contribution in [0.3, 0.4) is 0 Å². The van der Waals surface area contributed by atoms with Crippen molar-refractivity contribution in [1.29, 1.82) is 0 Å². The molecule has 300 valence electrons. The number of hydrogen-bond acceptors (Lipinski definition) is 2. The van der Waals surface area contributed by atoms with Crippen LogP contribution in [0.1, 0.15) is 209 Å². The molecule has 4 aliphatic rings. The quantitative estimate of drug-likeness (QED) is 0.0559. The molecular weight excluding hydrogens is 641 g/mol. The fraction of sp³-hybridized carbons (Fsp3) is 0.958. The standard InChI is InChI=1S/C48H90O2S/c1-11-13-14-15-16-17-18-19-20-21-22-23-24-25-46(50-51(8,9)10)49-41-32-34-47(6)40(36-41)28-29-42-44-31-30-43(48(44,7)35-33-45(42)47)38(5)26-27-39(12-2)37(3)4/h28,37-39,41-46H,11-27,29-36H2,1-10H3. The van der Waals surface area contributed by atoms with Crippen molar-refractivity contribution in [3.8, 4) is 0 Å². The molecule has 0 aromatic carbocycles. The third kappa shape index (κ3) is 12.2. The van der Waals surface area contributed by atoms with Crippen molar-refractivity contribution in [3.63, 3.8) is 0 Å². The van der Waals surface area contributed by atoms with E-state index in [1.807, 2.05) is 0 Å². The smallest absolute Gasteiger partial charge is 0.168 e. The average molecular weight is 731 g/mol. The minimum atomic E-state index is -1.07. The van der Waals surface area contributed by atoms with Crippen molar-refractivity contribution in [2.24, 2.45) is 52.3 Å². The van der Waals surface area contributed by atoms with Crippen LogP contribution in [0.2, 0.25) is 0 Å². The van der Waals surface area contributed by atoms with Gasteiger partial charge in [0.1, 0.15) is 0 Å². The summed E-state index contributed by atoms with van der Waals surface area (Å²) in [5, 5.41) is 0. The van der Waals surface area contributed by atoms with E-state index in [0.29, 0.717) is 16.9 Å². The van der Waals surface area contributed by atoms with E-state index in [1.165, 1.54) is 148 Å². The Kier molecular flexibility index (Phi) is 17.8. The Balaban J connectivity index is 1.24. The zero-order valence-corrected chi connectivity index (χ0v) is 37.0. The number of fused-ring (bicyclic) bond motifs is 5. The van der Waals surface area contributed by atoms with Crippen LogP contribution >= 0.6 is 10.3 Å². The molecule has 0 spiro atoms.